The quantitative estimate of drug-likeness (QED) is 0.778. The highest BCUT2D eigenvalue weighted by Crippen LogP contribution is 2.17. The summed E-state index contributed by atoms with van der Waals surface area (Å²) in [5.74, 6) is -1.36. The second-order valence-corrected chi connectivity index (χ2v) is 4.77. The van der Waals surface area contributed by atoms with Gasteiger partial charge in [-0.2, -0.15) is 0 Å². The summed E-state index contributed by atoms with van der Waals surface area (Å²) >= 11 is 3.15. The zero-order valence-corrected chi connectivity index (χ0v) is 10.9. The second kappa shape index (κ2) is 5.40. The highest BCUT2D eigenvalue weighted by Gasteiger charge is 2.12. The molecule has 0 saturated heterocycles. The van der Waals surface area contributed by atoms with Crippen LogP contribution >= 0.6 is 15.9 Å². The van der Waals surface area contributed by atoms with Crippen LogP contribution < -0.4 is 0 Å². The van der Waals surface area contributed by atoms with E-state index in [-0.39, 0.29) is 17.8 Å². The molecular weight excluding hydrogens is 302 g/mol. The molecule has 0 amide bonds. The number of rotatable bonds is 3. The Bertz CT molecular complexity index is 576. The Morgan fingerprint density at radius 2 is 1.83 bits per heavy atom. The molecular formula is C14H9BrF2O. The summed E-state index contributed by atoms with van der Waals surface area (Å²) in [4.78, 5) is 11.9. The number of Topliss-reactive ketones (excluding diaryl/α,β-unsaturated/α-hetero) is 1. The molecule has 0 aliphatic carbocycles. The van der Waals surface area contributed by atoms with Crippen LogP contribution in [0.15, 0.2) is 46.9 Å². The van der Waals surface area contributed by atoms with Crippen LogP contribution in [0.25, 0.3) is 0 Å². The summed E-state index contributed by atoms with van der Waals surface area (Å²) in [5.41, 5.74) is 0.535. The molecule has 0 fully saturated rings. The fraction of sp³-hybridized carbons (Fsp3) is 0.0714. The van der Waals surface area contributed by atoms with E-state index in [1.807, 2.05) is 0 Å². The highest BCUT2D eigenvalue weighted by molar-refractivity contribution is 9.10. The van der Waals surface area contributed by atoms with Gasteiger partial charge >= 0.3 is 0 Å². The van der Waals surface area contributed by atoms with Gasteiger partial charge in [-0.1, -0.05) is 28.1 Å². The molecule has 2 aromatic rings. The number of ketones is 1. The Hall–Kier alpha value is -1.55. The minimum absolute atomic E-state index is 0.0258. The predicted octanol–water partition coefficient (Wildman–Crippen LogP) is 4.15. The summed E-state index contributed by atoms with van der Waals surface area (Å²) in [5, 5.41) is 0. The van der Waals surface area contributed by atoms with Gasteiger partial charge in [0, 0.05) is 10.9 Å². The number of halogens is 3. The Morgan fingerprint density at radius 3 is 2.50 bits per heavy atom. The van der Waals surface area contributed by atoms with Crippen LogP contribution in [0, 0.1) is 11.6 Å². The Balaban J connectivity index is 2.24. The number of carbonyl (C=O) groups excluding carboxylic acids is 1. The van der Waals surface area contributed by atoms with Crippen molar-refractivity contribution in [3.63, 3.8) is 0 Å². The topological polar surface area (TPSA) is 17.1 Å². The van der Waals surface area contributed by atoms with Crippen molar-refractivity contribution in [1.82, 2.24) is 0 Å². The van der Waals surface area contributed by atoms with Gasteiger partial charge in [-0.15, -0.1) is 0 Å². The molecule has 0 spiro atoms. The molecule has 0 heterocycles. The molecule has 0 aromatic heterocycles. The van der Waals surface area contributed by atoms with Crippen molar-refractivity contribution in [1.29, 1.82) is 0 Å². The third-order valence-electron chi connectivity index (χ3n) is 2.46. The first-order chi connectivity index (χ1) is 8.56. The molecule has 18 heavy (non-hydrogen) atoms. The third kappa shape index (κ3) is 3.01. The van der Waals surface area contributed by atoms with E-state index in [2.05, 4.69) is 15.9 Å². The monoisotopic (exact) mass is 310 g/mol. The van der Waals surface area contributed by atoms with Crippen LogP contribution in [0.1, 0.15) is 15.9 Å². The van der Waals surface area contributed by atoms with Crippen LogP contribution in [0.2, 0.25) is 0 Å². The SMILES string of the molecule is O=C(Cc1cc(F)cc(Br)c1)c1ccccc1F. The van der Waals surface area contributed by atoms with Crippen molar-refractivity contribution in [3.05, 3.63) is 69.7 Å². The Morgan fingerprint density at radius 1 is 1.11 bits per heavy atom. The number of carbonyl (C=O) groups is 1. The highest BCUT2D eigenvalue weighted by atomic mass is 79.9. The molecule has 4 heteroatoms. The summed E-state index contributed by atoms with van der Waals surface area (Å²) in [6, 6.07) is 9.98. The molecule has 0 saturated carbocycles. The average molecular weight is 311 g/mol. The standard InChI is InChI=1S/C14H9BrF2O/c15-10-5-9(6-11(16)8-10)7-14(18)12-3-1-2-4-13(12)17/h1-6,8H,7H2. The van der Waals surface area contributed by atoms with Crippen molar-refractivity contribution in [3.8, 4) is 0 Å². The van der Waals surface area contributed by atoms with Crippen molar-refractivity contribution < 1.29 is 13.6 Å². The minimum Gasteiger partial charge on any atom is -0.294 e. The number of hydrogen-bond donors (Lipinski definition) is 0. The van der Waals surface area contributed by atoms with Crippen LogP contribution in [0.5, 0.6) is 0 Å². The summed E-state index contributed by atoms with van der Waals surface area (Å²) in [7, 11) is 0. The van der Waals surface area contributed by atoms with Crippen molar-refractivity contribution in [2.75, 3.05) is 0 Å². The second-order valence-electron chi connectivity index (χ2n) is 3.86. The van der Waals surface area contributed by atoms with E-state index in [4.69, 9.17) is 0 Å². The molecule has 0 N–H and O–H groups in total. The van der Waals surface area contributed by atoms with Crippen molar-refractivity contribution in [2.45, 2.75) is 6.42 Å². The normalized spacial score (nSPS) is 10.4. The van der Waals surface area contributed by atoms with Crippen molar-refractivity contribution in [2.24, 2.45) is 0 Å². The van der Waals surface area contributed by atoms with E-state index in [1.54, 1.807) is 12.1 Å². The average Bonchev–Trinajstić information content (AvgIpc) is 2.27. The zero-order chi connectivity index (χ0) is 13.1. The maximum Gasteiger partial charge on any atom is 0.170 e. The lowest BCUT2D eigenvalue weighted by Gasteiger charge is -2.04. The van der Waals surface area contributed by atoms with E-state index >= 15 is 0 Å². The molecule has 2 aromatic carbocycles. The van der Waals surface area contributed by atoms with E-state index < -0.39 is 11.6 Å². The maximum absolute atomic E-state index is 13.4. The molecule has 1 nitrogen and oxygen atoms in total. The molecule has 92 valence electrons. The summed E-state index contributed by atoms with van der Waals surface area (Å²) in [6.45, 7) is 0. The lowest BCUT2D eigenvalue weighted by Crippen LogP contribution is -2.06. The molecule has 0 unspecified atom stereocenters. The zero-order valence-electron chi connectivity index (χ0n) is 9.29. The fourth-order valence-electron chi connectivity index (χ4n) is 1.68. The lowest BCUT2D eigenvalue weighted by atomic mass is 10.0. The van der Waals surface area contributed by atoms with Crippen LogP contribution in [0.3, 0.4) is 0 Å². The van der Waals surface area contributed by atoms with E-state index in [0.29, 0.717) is 10.0 Å². The molecule has 0 bridgehead atoms. The molecule has 0 atom stereocenters. The van der Waals surface area contributed by atoms with Crippen LogP contribution in [-0.2, 0) is 6.42 Å². The van der Waals surface area contributed by atoms with Gasteiger partial charge in [0.2, 0.25) is 0 Å². The van der Waals surface area contributed by atoms with Gasteiger partial charge in [-0.25, -0.2) is 8.78 Å². The maximum atomic E-state index is 13.4. The van der Waals surface area contributed by atoms with Gasteiger partial charge in [0.1, 0.15) is 11.6 Å². The van der Waals surface area contributed by atoms with Crippen LogP contribution in [-0.4, -0.2) is 5.78 Å². The Kier molecular flexibility index (Phi) is 3.87. The van der Waals surface area contributed by atoms with Gasteiger partial charge in [0.05, 0.1) is 5.56 Å². The van der Waals surface area contributed by atoms with Crippen molar-refractivity contribution >= 4 is 21.7 Å². The fourth-order valence-corrected chi connectivity index (χ4v) is 2.19. The number of benzene rings is 2. The molecule has 0 aliphatic heterocycles. The minimum atomic E-state index is -0.557. The number of hydrogen-bond acceptors (Lipinski definition) is 1. The molecule has 2 rings (SSSR count). The van der Waals surface area contributed by atoms with E-state index in [1.165, 1.54) is 30.3 Å². The van der Waals surface area contributed by atoms with Gasteiger partial charge in [-0.05, 0) is 35.9 Å². The summed E-state index contributed by atoms with van der Waals surface area (Å²) in [6.07, 6.45) is -0.0305. The molecule has 0 radical (unpaired) electrons. The van der Waals surface area contributed by atoms with Gasteiger partial charge in [-0.3, -0.25) is 4.79 Å². The van der Waals surface area contributed by atoms with Gasteiger partial charge in [0.15, 0.2) is 5.78 Å². The van der Waals surface area contributed by atoms with Crippen LogP contribution in [0.4, 0.5) is 8.78 Å². The Labute approximate surface area is 112 Å². The molecule has 0 aliphatic rings. The van der Waals surface area contributed by atoms with Gasteiger partial charge < -0.3 is 0 Å². The smallest absolute Gasteiger partial charge is 0.170 e. The lowest BCUT2D eigenvalue weighted by molar-refractivity contribution is 0.0989. The predicted molar refractivity (Wildman–Crippen MR) is 68.5 cm³/mol. The van der Waals surface area contributed by atoms with Gasteiger partial charge in [0.25, 0.3) is 0 Å². The first kappa shape index (κ1) is 12.9. The summed E-state index contributed by atoms with van der Waals surface area (Å²) < 4.78 is 27.1. The first-order valence-corrected chi connectivity index (χ1v) is 6.08. The first-order valence-electron chi connectivity index (χ1n) is 5.29. The third-order valence-corrected chi connectivity index (χ3v) is 2.92. The largest absolute Gasteiger partial charge is 0.294 e. The van der Waals surface area contributed by atoms with E-state index in [9.17, 15) is 13.6 Å². The van der Waals surface area contributed by atoms with E-state index in [0.717, 1.165) is 0 Å².